The Bertz CT molecular complexity index is 670. The Labute approximate surface area is 161 Å². The zero-order valence-corrected chi connectivity index (χ0v) is 16.1. The molecule has 3 rings (SSSR count). The molecule has 1 aromatic rings. The molecule has 27 heavy (non-hydrogen) atoms. The maximum Gasteiger partial charge on any atom is 0.234 e. The predicted octanol–water partition coefficient (Wildman–Crippen LogP) is 2.37. The molecule has 0 bridgehead atoms. The van der Waals surface area contributed by atoms with E-state index in [4.69, 9.17) is 11.5 Å². The van der Waals surface area contributed by atoms with Crippen LogP contribution in [0.2, 0.25) is 0 Å². The van der Waals surface area contributed by atoms with Gasteiger partial charge in [0, 0.05) is 18.7 Å². The number of benzene rings is 1. The highest BCUT2D eigenvalue weighted by Crippen LogP contribution is 2.38. The molecule has 1 saturated carbocycles. The van der Waals surface area contributed by atoms with Crippen molar-refractivity contribution in [3.05, 3.63) is 29.8 Å². The van der Waals surface area contributed by atoms with Crippen LogP contribution in [-0.4, -0.2) is 35.8 Å². The molecule has 5 N–H and O–H groups in total. The Kier molecular flexibility index (Phi) is 6.50. The number of carbonyl (C=O) groups is 2. The molecular formula is C21H32N4O2. The van der Waals surface area contributed by atoms with Crippen LogP contribution in [-0.2, 0) is 16.1 Å². The van der Waals surface area contributed by atoms with E-state index in [1.54, 1.807) is 0 Å². The average Bonchev–Trinajstić information content (AvgIpc) is 3.11. The normalized spacial score (nSPS) is 22.5. The van der Waals surface area contributed by atoms with Crippen LogP contribution in [0.15, 0.2) is 24.3 Å². The lowest BCUT2D eigenvalue weighted by Crippen LogP contribution is -2.39. The smallest absolute Gasteiger partial charge is 0.234 e. The number of nitrogens with zero attached hydrogens (tertiary/aromatic N) is 1. The van der Waals surface area contributed by atoms with Crippen LogP contribution < -0.4 is 16.8 Å². The zero-order chi connectivity index (χ0) is 19.3. The van der Waals surface area contributed by atoms with Gasteiger partial charge in [-0.1, -0.05) is 31.4 Å². The maximum absolute atomic E-state index is 12.6. The summed E-state index contributed by atoms with van der Waals surface area (Å²) in [5.74, 6) is -0.216. The first-order valence-corrected chi connectivity index (χ1v) is 10.1. The molecule has 1 heterocycles. The molecule has 0 aromatic heterocycles. The van der Waals surface area contributed by atoms with E-state index < -0.39 is 0 Å². The topological polar surface area (TPSA) is 101 Å². The van der Waals surface area contributed by atoms with Crippen LogP contribution in [0.5, 0.6) is 0 Å². The number of nitrogens with one attached hydrogen (secondary N) is 1. The molecule has 2 amide bonds. The summed E-state index contributed by atoms with van der Waals surface area (Å²) in [5.41, 5.74) is 13.4. The highest BCUT2D eigenvalue weighted by atomic mass is 16.2. The van der Waals surface area contributed by atoms with Gasteiger partial charge in [-0.2, -0.15) is 0 Å². The second-order valence-electron chi connectivity index (χ2n) is 8.22. The van der Waals surface area contributed by atoms with Gasteiger partial charge < -0.3 is 16.8 Å². The van der Waals surface area contributed by atoms with Crippen molar-refractivity contribution < 1.29 is 9.59 Å². The van der Waals surface area contributed by atoms with Gasteiger partial charge in [-0.25, -0.2) is 0 Å². The van der Waals surface area contributed by atoms with E-state index in [1.807, 2.05) is 24.3 Å². The van der Waals surface area contributed by atoms with Crippen molar-refractivity contribution in [2.24, 2.45) is 16.9 Å². The molecule has 0 spiro atoms. The van der Waals surface area contributed by atoms with Crippen molar-refractivity contribution in [1.29, 1.82) is 0 Å². The molecular weight excluding hydrogens is 340 g/mol. The Morgan fingerprint density at radius 1 is 1.19 bits per heavy atom. The van der Waals surface area contributed by atoms with Gasteiger partial charge in [0.1, 0.15) is 0 Å². The Morgan fingerprint density at radius 3 is 2.67 bits per heavy atom. The summed E-state index contributed by atoms with van der Waals surface area (Å²) in [6.07, 6.45) is 7.96. The second-order valence-corrected chi connectivity index (χ2v) is 8.22. The molecule has 6 nitrogen and oxygen atoms in total. The van der Waals surface area contributed by atoms with Crippen LogP contribution in [0.1, 0.15) is 56.9 Å². The third-order valence-corrected chi connectivity index (χ3v) is 6.17. The molecule has 1 aliphatic heterocycles. The summed E-state index contributed by atoms with van der Waals surface area (Å²) in [6.45, 7) is 2.12. The Balaban J connectivity index is 1.60. The highest BCUT2D eigenvalue weighted by molar-refractivity contribution is 5.91. The third kappa shape index (κ3) is 5.08. The molecule has 1 saturated heterocycles. The monoisotopic (exact) mass is 372 g/mol. The van der Waals surface area contributed by atoms with Crippen LogP contribution in [0.25, 0.3) is 0 Å². The Hall–Kier alpha value is -1.92. The van der Waals surface area contributed by atoms with Crippen LogP contribution in [0.3, 0.4) is 0 Å². The summed E-state index contributed by atoms with van der Waals surface area (Å²) in [4.78, 5) is 26.3. The predicted molar refractivity (Wildman–Crippen MR) is 107 cm³/mol. The van der Waals surface area contributed by atoms with Crippen LogP contribution >= 0.6 is 0 Å². The molecule has 1 atom stereocenters. The van der Waals surface area contributed by atoms with Gasteiger partial charge in [-0.15, -0.1) is 0 Å². The summed E-state index contributed by atoms with van der Waals surface area (Å²) in [5, 5.41) is 3.04. The molecule has 2 aliphatic rings. The van der Waals surface area contributed by atoms with Gasteiger partial charge in [0.25, 0.3) is 0 Å². The SMILES string of the molecule is NCC1(CC(=O)Nc2cccc(CN3CCCC3C(N)=O)c2)CCCCC1. The molecule has 2 fully saturated rings. The lowest BCUT2D eigenvalue weighted by Gasteiger charge is -2.35. The quantitative estimate of drug-likeness (QED) is 0.684. The number of nitrogens with two attached hydrogens (primary N) is 2. The summed E-state index contributed by atoms with van der Waals surface area (Å²) < 4.78 is 0. The highest BCUT2D eigenvalue weighted by Gasteiger charge is 2.33. The maximum atomic E-state index is 12.6. The van der Waals surface area contributed by atoms with Crippen molar-refractivity contribution in [1.82, 2.24) is 4.90 Å². The largest absolute Gasteiger partial charge is 0.368 e. The van der Waals surface area contributed by atoms with Crippen molar-refractivity contribution in [3.63, 3.8) is 0 Å². The minimum Gasteiger partial charge on any atom is -0.368 e. The number of hydrogen-bond donors (Lipinski definition) is 3. The third-order valence-electron chi connectivity index (χ3n) is 6.17. The molecule has 1 unspecified atom stereocenters. The van der Waals surface area contributed by atoms with E-state index in [-0.39, 0.29) is 23.3 Å². The molecule has 6 heteroatoms. The van der Waals surface area contributed by atoms with E-state index in [2.05, 4.69) is 10.2 Å². The number of primary amides is 1. The van der Waals surface area contributed by atoms with E-state index >= 15 is 0 Å². The van der Waals surface area contributed by atoms with Gasteiger partial charge >= 0.3 is 0 Å². The molecule has 1 aliphatic carbocycles. The average molecular weight is 373 g/mol. The number of hydrogen-bond acceptors (Lipinski definition) is 4. The fraction of sp³-hybridized carbons (Fsp3) is 0.619. The van der Waals surface area contributed by atoms with E-state index in [0.29, 0.717) is 19.5 Å². The van der Waals surface area contributed by atoms with Gasteiger partial charge in [0.05, 0.1) is 6.04 Å². The van der Waals surface area contributed by atoms with Gasteiger partial charge in [-0.3, -0.25) is 14.5 Å². The van der Waals surface area contributed by atoms with Crippen LogP contribution in [0.4, 0.5) is 5.69 Å². The number of amides is 2. The lowest BCUT2D eigenvalue weighted by atomic mass is 9.71. The molecule has 148 valence electrons. The molecule has 0 radical (unpaired) electrons. The number of rotatable bonds is 7. The van der Waals surface area contributed by atoms with Crippen molar-refractivity contribution in [3.8, 4) is 0 Å². The standard InChI is InChI=1S/C21H32N4O2/c22-15-21(9-2-1-3-10-21)13-19(26)24-17-7-4-6-16(12-17)14-25-11-5-8-18(25)20(23)27/h4,6-7,12,18H,1-3,5,8-11,13-15,22H2,(H2,23,27)(H,24,26). The summed E-state index contributed by atoms with van der Waals surface area (Å²) >= 11 is 0. The second kappa shape index (κ2) is 8.85. The van der Waals surface area contributed by atoms with Crippen molar-refractivity contribution >= 4 is 17.5 Å². The fourth-order valence-electron chi connectivity index (χ4n) is 4.62. The number of anilines is 1. The van der Waals surface area contributed by atoms with E-state index in [0.717, 1.165) is 56.3 Å². The summed E-state index contributed by atoms with van der Waals surface area (Å²) in [7, 11) is 0. The van der Waals surface area contributed by atoms with Gasteiger partial charge in [0.15, 0.2) is 0 Å². The van der Waals surface area contributed by atoms with Crippen LogP contribution in [0, 0.1) is 5.41 Å². The van der Waals surface area contributed by atoms with E-state index in [1.165, 1.54) is 6.42 Å². The number of likely N-dealkylation sites (tertiary alicyclic amines) is 1. The van der Waals surface area contributed by atoms with Gasteiger partial charge in [0.2, 0.25) is 11.8 Å². The zero-order valence-electron chi connectivity index (χ0n) is 16.1. The summed E-state index contributed by atoms with van der Waals surface area (Å²) in [6, 6.07) is 7.68. The minimum absolute atomic E-state index is 0.0375. The first-order chi connectivity index (χ1) is 13.0. The Morgan fingerprint density at radius 2 is 1.96 bits per heavy atom. The first-order valence-electron chi connectivity index (χ1n) is 10.1. The lowest BCUT2D eigenvalue weighted by molar-refractivity contribution is -0.122. The fourth-order valence-corrected chi connectivity index (χ4v) is 4.62. The van der Waals surface area contributed by atoms with Crippen molar-refractivity contribution in [2.75, 3.05) is 18.4 Å². The van der Waals surface area contributed by atoms with E-state index in [9.17, 15) is 9.59 Å². The van der Waals surface area contributed by atoms with Crippen molar-refractivity contribution in [2.45, 2.75) is 64.0 Å². The molecule has 1 aromatic carbocycles. The van der Waals surface area contributed by atoms with Gasteiger partial charge in [-0.05, 0) is 61.9 Å². The first kappa shape index (κ1) is 19.8. The number of carbonyl (C=O) groups excluding carboxylic acids is 2. The minimum atomic E-state index is -0.253.